The Morgan fingerprint density at radius 3 is 2.52 bits per heavy atom. The molecule has 132 valence electrons. The quantitative estimate of drug-likeness (QED) is 0.485. The number of ether oxygens (including phenoxy) is 1. The molecule has 0 aromatic rings. The van der Waals surface area contributed by atoms with Crippen LogP contribution < -0.4 is 5.32 Å². The lowest BCUT2D eigenvalue weighted by Gasteiger charge is -2.48. The molecule has 0 aromatic carbocycles. The minimum absolute atomic E-state index is 0.0389. The van der Waals surface area contributed by atoms with Gasteiger partial charge in [0.2, 0.25) is 5.91 Å². The summed E-state index contributed by atoms with van der Waals surface area (Å²) in [5, 5.41) is 3.31. The first-order valence-corrected chi connectivity index (χ1v) is 12.1. The van der Waals surface area contributed by atoms with Gasteiger partial charge in [-0.05, 0) is 43.8 Å². The molecule has 1 saturated carbocycles. The molecule has 0 spiro atoms. The Hall–Kier alpha value is -0.393. The fourth-order valence-electron chi connectivity index (χ4n) is 4.33. The predicted octanol–water partition coefficient (Wildman–Crippen LogP) is 3.47. The molecule has 3 rings (SSSR count). The van der Waals surface area contributed by atoms with Gasteiger partial charge in [-0.3, -0.25) is 4.79 Å². The molecule has 1 unspecified atom stereocenters. The minimum Gasteiger partial charge on any atom is -0.413 e. The Bertz CT molecular complexity index is 501. The van der Waals surface area contributed by atoms with E-state index in [1.165, 1.54) is 12.8 Å². The molecule has 1 N–H and O–H groups in total. The van der Waals surface area contributed by atoms with Gasteiger partial charge in [-0.15, -0.1) is 0 Å². The Morgan fingerprint density at radius 2 is 2.00 bits per heavy atom. The van der Waals surface area contributed by atoms with Crippen molar-refractivity contribution < 1.29 is 14.0 Å². The number of epoxide rings is 1. The van der Waals surface area contributed by atoms with Crippen LogP contribution in [0.15, 0.2) is 0 Å². The van der Waals surface area contributed by atoms with Crippen LogP contribution in [0.2, 0.25) is 18.1 Å². The topological polar surface area (TPSA) is 50.9 Å². The molecular formula is C18H33NO3Si. The van der Waals surface area contributed by atoms with E-state index >= 15 is 0 Å². The van der Waals surface area contributed by atoms with Gasteiger partial charge in [0.05, 0.1) is 24.2 Å². The van der Waals surface area contributed by atoms with E-state index in [0.29, 0.717) is 12.0 Å². The van der Waals surface area contributed by atoms with Gasteiger partial charge in [0, 0.05) is 0 Å². The summed E-state index contributed by atoms with van der Waals surface area (Å²) in [6.45, 7) is 15.6. The molecule has 3 fully saturated rings. The van der Waals surface area contributed by atoms with Crippen LogP contribution in [0.25, 0.3) is 0 Å². The normalized spacial score (nSPS) is 41.6. The molecule has 1 amide bonds. The zero-order chi connectivity index (χ0) is 17.2. The molecular weight excluding hydrogens is 306 g/mol. The van der Waals surface area contributed by atoms with Crippen molar-refractivity contribution in [3.63, 3.8) is 0 Å². The van der Waals surface area contributed by atoms with Gasteiger partial charge >= 0.3 is 0 Å². The fraction of sp³-hybridized carbons (Fsp3) is 0.944. The van der Waals surface area contributed by atoms with Crippen LogP contribution >= 0.6 is 0 Å². The van der Waals surface area contributed by atoms with E-state index in [9.17, 15) is 4.79 Å². The van der Waals surface area contributed by atoms with Crippen LogP contribution in [0, 0.1) is 11.8 Å². The van der Waals surface area contributed by atoms with Gasteiger partial charge in [0.1, 0.15) is 5.60 Å². The number of carbonyl (C=O) groups is 1. The highest BCUT2D eigenvalue weighted by Gasteiger charge is 2.71. The maximum absolute atomic E-state index is 12.3. The molecule has 5 heteroatoms. The molecule has 2 saturated heterocycles. The van der Waals surface area contributed by atoms with Gasteiger partial charge in [-0.1, -0.05) is 34.1 Å². The summed E-state index contributed by atoms with van der Waals surface area (Å²) < 4.78 is 12.7. The maximum atomic E-state index is 12.3. The van der Waals surface area contributed by atoms with E-state index in [1.54, 1.807) is 0 Å². The van der Waals surface area contributed by atoms with Gasteiger partial charge in [0.15, 0.2) is 8.32 Å². The molecule has 1 aliphatic carbocycles. The average Bonchev–Trinajstić information content (AvgIpc) is 3.10. The van der Waals surface area contributed by atoms with E-state index in [4.69, 9.17) is 9.16 Å². The van der Waals surface area contributed by atoms with Crippen LogP contribution in [-0.2, 0) is 14.0 Å². The highest BCUT2D eigenvalue weighted by atomic mass is 28.4. The van der Waals surface area contributed by atoms with Crippen molar-refractivity contribution in [2.75, 3.05) is 0 Å². The standard InChI is InChI=1S/C18H33NO3Si/c1-11-9-8-10-13-18(11,21-13)15-14(16(20)19-15)12(2)22-23(6,7)17(3,4)5/h11-15H,8-10H2,1-7H3,(H,19,20)/t11?,12-,13+,14+,15-,18-/m1/s1. The highest BCUT2D eigenvalue weighted by molar-refractivity contribution is 6.74. The van der Waals surface area contributed by atoms with E-state index in [1.807, 2.05) is 0 Å². The first-order valence-electron chi connectivity index (χ1n) is 9.17. The number of hydrogen-bond donors (Lipinski definition) is 1. The summed E-state index contributed by atoms with van der Waals surface area (Å²) in [5.41, 5.74) is -0.109. The Labute approximate surface area is 141 Å². The van der Waals surface area contributed by atoms with Crippen LogP contribution in [0.4, 0.5) is 0 Å². The average molecular weight is 340 g/mol. The molecule has 2 heterocycles. The van der Waals surface area contributed by atoms with E-state index in [2.05, 4.69) is 53.0 Å². The largest absolute Gasteiger partial charge is 0.413 e. The van der Waals surface area contributed by atoms with Crippen molar-refractivity contribution >= 4 is 14.2 Å². The monoisotopic (exact) mass is 339 g/mol. The van der Waals surface area contributed by atoms with Gasteiger partial charge in [0.25, 0.3) is 0 Å². The smallest absolute Gasteiger partial charge is 0.228 e. The summed E-state index contributed by atoms with van der Waals surface area (Å²) >= 11 is 0. The van der Waals surface area contributed by atoms with Gasteiger partial charge in [-0.25, -0.2) is 0 Å². The molecule has 23 heavy (non-hydrogen) atoms. The summed E-state index contributed by atoms with van der Waals surface area (Å²) in [6, 6.07) is 0.134. The molecule has 0 bridgehead atoms. The number of amides is 1. The van der Waals surface area contributed by atoms with Crippen LogP contribution in [0.3, 0.4) is 0 Å². The van der Waals surface area contributed by atoms with Crippen molar-refractivity contribution in [2.45, 2.75) is 95.9 Å². The molecule has 2 aliphatic heterocycles. The van der Waals surface area contributed by atoms with Crippen molar-refractivity contribution in [3.05, 3.63) is 0 Å². The summed E-state index contributed by atoms with van der Waals surface area (Å²) in [7, 11) is -1.87. The predicted molar refractivity (Wildman–Crippen MR) is 93.8 cm³/mol. The Morgan fingerprint density at radius 1 is 1.35 bits per heavy atom. The Balaban J connectivity index is 1.73. The first kappa shape index (κ1) is 17.4. The Kier molecular flexibility index (Phi) is 4.02. The lowest BCUT2D eigenvalue weighted by Crippen LogP contribution is -2.70. The summed E-state index contributed by atoms with van der Waals surface area (Å²) in [4.78, 5) is 12.3. The SMILES string of the molecule is CC1CCC[C@@H]2O[C@]12[C@@H]1NC(=O)[C@H]1[C@@H](C)O[Si](C)(C)C(C)(C)C. The molecule has 0 radical (unpaired) electrons. The lowest BCUT2D eigenvalue weighted by molar-refractivity contribution is -0.144. The zero-order valence-electron chi connectivity index (χ0n) is 15.7. The number of hydrogen-bond acceptors (Lipinski definition) is 3. The zero-order valence-corrected chi connectivity index (χ0v) is 16.7. The number of rotatable bonds is 4. The van der Waals surface area contributed by atoms with Crippen molar-refractivity contribution in [3.8, 4) is 0 Å². The van der Waals surface area contributed by atoms with Gasteiger partial charge in [-0.2, -0.15) is 0 Å². The summed E-state index contributed by atoms with van der Waals surface area (Å²) in [6.07, 6.45) is 3.89. The maximum Gasteiger partial charge on any atom is 0.228 e. The fourth-order valence-corrected chi connectivity index (χ4v) is 5.76. The first-order chi connectivity index (χ1) is 10.5. The second kappa shape index (κ2) is 5.30. The number of carbonyl (C=O) groups excluding carboxylic acids is 1. The third kappa shape index (κ3) is 2.59. The molecule has 4 nitrogen and oxygen atoms in total. The third-order valence-electron chi connectivity index (χ3n) is 6.90. The number of β-lactam (4-membered cyclic amide) rings is 1. The molecule has 0 aromatic heterocycles. The molecule has 3 aliphatic rings. The van der Waals surface area contributed by atoms with Gasteiger partial charge < -0.3 is 14.5 Å². The van der Waals surface area contributed by atoms with Crippen LogP contribution in [-0.4, -0.2) is 38.1 Å². The van der Waals surface area contributed by atoms with Crippen molar-refractivity contribution in [1.82, 2.24) is 5.32 Å². The molecule has 6 atom stereocenters. The minimum atomic E-state index is -1.87. The van der Waals surface area contributed by atoms with Crippen molar-refractivity contribution in [1.29, 1.82) is 0 Å². The van der Waals surface area contributed by atoms with E-state index in [0.717, 1.165) is 6.42 Å². The summed E-state index contributed by atoms with van der Waals surface area (Å²) in [5.74, 6) is 0.603. The van der Waals surface area contributed by atoms with Crippen LogP contribution in [0.5, 0.6) is 0 Å². The number of fused-ring (bicyclic) bond motifs is 1. The highest BCUT2D eigenvalue weighted by Crippen LogP contribution is 2.57. The number of nitrogens with one attached hydrogen (secondary N) is 1. The van der Waals surface area contributed by atoms with Crippen molar-refractivity contribution in [2.24, 2.45) is 11.8 Å². The third-order valence-corrected chi connectivity index (χ3v) is 11.5. The van der Waals surface area contributed by atoms with Crippen LogP contribution in [0.1, 0.15) is 53.9 Å². The second-order valence-electron chi connectivity index (χ2n) is 9.39. The lowest BCUT2D eigenvalue weighted by atomic mass is 9.68. The van der Waals surface area contributed by atoms with E-state index in [-0.39, 0.29) is 34.6 Å². The second-order valence-corrected chi connectivity index (χ2v) is 14.1. The van der Waals surface area contributed by atoms with E-state index < -0.39 is 8.32 Å².